The lowest BCUT2D eigenvalue weighted by atomic mass is 9.84. The third-order valence-corrected chi connectivity index (χ3v) is 7.66. The number of carbonyl (C=O) groups excluding carboxylic acids is 1. The Labute approximate surface area is 208 Å². The number of ether oxygens (including phenoxy) is 1. The van der Waals surface area contributed by atoms with Gasteiger partial charge in [-0.2, -0.15) is 12.8 Å². The number of sulfonamides is 1. The number of nitrogens with zero attached hydrogens (tertiary/aromatic N) is 2. The molecule has 2 aromatic carbocycles. The molecule has 2 aliphatic rings. The number of benzene rings is 2. The summed E-state index contributed by atoms with van der Waals surface area (Å²) in [5, 5.41) is 11.3. The summed E-state index contributed by atoms with van der Waals surface area (Å²) in [5.41, 5.74) is -0.520. The maximum Gasteiger partial charge on any atom is 0.287 e. The number of hydrogen-bond acceptors (Lipinski definition) is 7. The highest BCUT2D eigenvalue weighted by atomic mass is 32.2. The molecule has 2 heterocycles. The molecule has 0 spiro atoms. The highest BCUT2D eigenvalue weighted by Crippen LogP contribution is 2.42. The minimum Gasteiger partial charge on any atom is -0.509 e. The first-order chi connectivity index (χ1) is 16.6. The van der Waals surface area contributed by atoms with E-state index in [9.17, 15) is 31.1 Å². The van der Waals surface area contributed by atoms with E-state index in [2.05, 4.69) is 4.40 Å². The topological polar surface area (TPSA) is 130 Å². The molecule has 9 nitrogen and oxygen atoms in total. The summed E-state index contributed by atoms with van der Waals surface area (Å²) < 4.78 is 71.5. The van der Waals surface area contributed by atoms with Crippen molar-refractivity contribution in [1.82, 2.24) is 4.90 Å². The predicted octanol–water partition coefficient (Wildman–Crippen LogP) is 2.97. The monoisotopic (exact) mass is 536 g/mol. The van der Waals surface area contributed by atoms with Gasteiger partial charge in [0.1, 0.15) is 33.5 Å². The third-order valence-electron chi connectivity index (χ3n) is 5.76. The Balaban J connectivity index is 1.80. The number of aliphatic hydroxyl groups excluding tert-OH is 1. The Morgan fingerprint density at radius 1 is 1.14 bits per heavy atom. The summed E-state index contributed by atoms with van der Waals surface area (Å²) in [6, 6.07) is 8.91. The molecule has 0 unspecified atom stereocenters. The highest BCUT2D eigenvalue weighted by molar-refractivity contribution is 7.91. The Morgan fingerprint density at radius 2 is 1.78 bits per heavy atom. The Kier molecular flexibility index (Phi) is 6.24. The quantitative estimate of drug-likeness (QED) is 0.601. The van der Waals surface area contributed by atoms with Crippen LogP contribution in [0.2, 0.25) is 0 Å². The molecule has 2 aromatic rings. The second kappa shape index (κ2) is 8.70. The first-order valence-corrected chi connectivity index (χ1v) is 14.4. The molecule has 0 saturated heterocycles. The van der Waals surface area contributed by atoms with E-state index >= 15 is 0 Å². The largest absolute Gasteiger partial charge is 0.509 e. The molecule has 0 saturated carbocycles. The number of sulfone groups is 1. The Morgan fingerprint density at radius 3 is 2.36 bits per heavy atom. The van der Waals surface area contributed by atoms with Crippen LogP contribution in [-0.2, 0) is 31.2 Å². The van der Waals surface area contributed by atoms with E-state index in [0.29, 0.717) is 5.56 Å². The third kappa shape index (κ3) is 4.74. The van der Waals surface area contributed by atoms with Crippen LogP contribution in [0.5, 0.6) is 5.75 Å². The van der Waals surface area contributed by atoms with Gasteiger partial charge in [0.05, 0.1) is 6.04 Å². The van der Waals surface area contributed by atoms with Crippen molar-refractivity contribution in [2.75, 3.05) is 12.2 Å². The molecule has 0 radical (unpaired) electrons. The van der Waals surface area contributed by atoms with Gasteiger partial charge in [0.2, 0.25) is 0 Å². The van der Waals surface area contributed by atoms with Gasteiger partial charge in [0.25, 0.3) is 15.9 Å². The zero-order valence-corrected chi connectivity index (χ0v) is 21.7. The standard InChI is InChI=1S/C24H25FN2O7S2/c1-24(2,3)22-20(28)18(23(29)27(22)12-14-8-10-15(25)11-9-14)19-16-6-5-7-17(34-13-35(4,30)31)21(16)36(32,33)26-19/h5-11,22,28H,12-13H2,1-4H3/t22-/m1/s1. The summed E-state index contributed by atoms with van der Waals surface area (Å²) >= 11 is 0. The van der Waals surface area contributed by atoms with Crippen LogP contribution < -0.4 is 4.74 Å². The van der Waals surface area contributed by atoms with E-state index < -0.39 is 49.0 Å². The number of halogens is 1. The van der Waals surface area contributed by atoms with E-state index in [1.165, 1.54) is 47.4 Å². The van der Waals surface area contributed by atoms with Crippen molar-refractivity contribution < 1.29 is 35.9 Å². The van der Waals surface area contributed by atoms with Gasteiger partial charge in [-0.25, -0.2) is 12.8 Å². The number of hydrogen-bond donors (Lipinski definition) is 1. The zero-order valence-electron chi connectivity index (χ0n) is 20.0. The Bertz CT molecular complexity index is 1520. The van der Waals surface area contributed by atoms with E-state index in [0.717, 1.165) is 6.26 Å². The molecule has 0 aliphatic carbocycles. The molecule has 4 rings (SSSR count). The molecule has 1 atom stereocenters. The summed E-state index contributed by atoms with van der Waals surface area (Å²) in [5.74, 6) is -2.38. The van der Waals surface area contributed by atoms with Crippen molar-refractivity contribution in [1.29, 1.82) is 0 Å². The predicted molar refractivity (Wildman–Crippen MR) is 130 cm³/mol. The van der Waals surface area contributed by atoms with Crippen LogP contribution in [0.1, 0.15) is 31.9 Å². The number of aliphatic hydroxyl groups is 1. The molecule has 36 heavy (non-hydrogen) atoms. The summed E-state index contributed by atoms with van der Waals surface area (Å²) in [6.07, 6.45) is 0.939. The fraction of sp³-hybridized carbons (Fsp3) is 0.333. The number of amides is 1. The fourth-order valence-corrected chi connectivity index (χ4v) is 6.04. The van der Waals surface area contributed by atoms with Gasteiger partial charge in [-0.1, -0.05) is 45.0 Å². The van der Waals surface area contributed by atoms with Gasteiger partial charge in [0.15, 0.2) is 15.8 Å². The molecular weight excluding hydrogens is 511 g/mol. The van der Waals surface area contributed by atoms with Crippen LogP contribution >= 0.6 is 0 Å². The number of rotatable bonds is 6. The van der Waals surface area contributed by atoms with Crippen molar-refractivity contribution in [3.63, 3.8) is 0 Å². The average Bonchev–Trinajstić information content (AvgIpc) is 3.17. The molecule has 12 heteroatoms. The van der Waals surface area contributed by atoms with Gasteiger partial charge in [0, 0.05) is 18.4 Å². The van der Waals surface area contributed by atoms with Crippen LogP contribution in [-0.4, -0.2) is 56.7 Å². The van der Waals surface area contributed by atoms with Crippen LogP contribution in [0.25, 0.3) is 0 Å². The highest BCUT2D eigenvalue weighted by Gasteiger charge is 2.49. The number of carbonyl (C=O) groups is 1. The van der Waals surface area contributed by atoms with Crippen molar-refractivity contribution in [2.45, 2.75) is 38.3 Å². The van der Waals surface area contributed by atoms with Crippen LogP contribution in [0.3, 0.4) is 0 Å². The SMILES string of the molecule is CC(C)(C)[C@H]1C(O)=C(C2=NS(=O)(=O)c3c(OCS(C)(=O)=O)cccc32)C(=O)N1Cc1ccc(F)cc1. The van der Waals surface area contributed by atoms with Crippen molar-refractivity contribution in [2.24, 2.45) is 9.81 Å². The van der Waals surface area contributed by atoms with E-state index in [4.69, 9.17) is 4.74 Å². The maximum absolute atomic E-state index is 13.6. The first kappa shape index (κ1) is 25.8. The van der Waals surface area contributed by atoms with E-state index in [-0.39, 0.29) is 39.8 Å². The smallest absolute Gasteiger partial charge is 0.287 e. The van der Waals surface area contributed by atoms with Crippen molar-refractivity contribution in [3.8, 4) is 5.75 Å². The van der Waals surface area contributed by atoms with Gasteiger partial charge in [-0.15, -0.1) is 0 Å². The molecule has 0 fully saturated rings. The minimum absolute atomic E-state index is 0.0205. The zero-order chi connectivity index (χ0) is 26.6. The summed E-state index contributed by atoms with van der Waals surface area (Å²) in [4.78, 5) is 14.7. The van der Waals surface area contributed by atoms with Gasteiger partial charge in [-0.3, -0.25) is 4.79 Å². The maximum atomic E-state index is 13.6. The molecule has 192 valence electrons. The molecule has 1 N–H and O–H groups in total. The molecule has 1 amide bonds. The Hall–Kier alpha value is -3.25. The second-order valence-corrected chi connectivity index (χ2v) is 13.5. The lowest BCUT2D eigenvalue weighted by Gasteiger charge is -2.35. The van der Waals surface area contributed by atoms with Gasteiger partial charge < -0.3 is 14.7 Å². The minimum atomic E-state index is -4.36. The molecule has 2 aliphatic heterocycles. The molecular formula is C24H25FN2O7S2. The van der Waals surface area contributed by atoms with Crippen LogP contribution in [0, 0.1) is 11.2 Å². The average molecular weight is 537 g/mol. The lowest BCUT2D eigenvalue weighted by molar-refractivity contribution is -0.129. The van der Waals surface area contributed by atoms with Crippen LogP contribution in [0.4, 0.5) is 4.39 Å². The summed E-state index contributed by atoms with van der Waals surface area (Å²) in [6.45, 7) is 5.50. The lowest BCUT2D eigenvalue weighted by Crippen LogP contribution is -2.43. The summed E-state index contributed by atoms with van der Waals surface area (Å²) in [7, 11) is -7.94. The van der Waals surface area contributed by atoms with Crippen molar-refractivity contribution in [3.05, 3.63) is 70.7 Å². The normalized spacial score (nSPS) is 19.5. The van der Waals surface area contributed by atoms with Gasteiger partial charge in [-0.05, 0) is 29.2 Å². The van der Waals surface area contributed by atoms with Gasteiger partial charge >= 0.3 is 0 Å². The van der Waals surface area contributed by atoms with E-state index in [1.807, 2.05) is 20.8 Å². The van der Waals surface area contributed by atoms with Crippen molar-refractivity contribution >= 4 is 31.5 Å². The fourth-order valence-electron chi connectivity index (χ4n) is 4.35. The second-order valence-electron chi connectivity index (χ2n) is 9.82. The van der Waals surface area contributed by atoms with E-state index in [1.54, 1.807) is 0 Å². The molecule has 0 aromatic heterocycles. The molecule has 0 bridgehead atoms. The van der Waals surface area contributed by atoms with Crippen LogP contribution in [0.15, 0.2) is 63.1 Å². The first-order valence-electron chi connectivity index (χ1n) is 10.9. The number of fused-ring (bicyclic) bond motifs is 1.